The molecule has 0 heterocycles. The second kappa shape index (κ2) is 26.2. The molecule has 1 saturated carbocycles. The number of benzene rings is 5. The molecular weight excluding hydrogens is 685 g/mol. The molecule has 1 aliphatic rings. The van der Waals surface area contributed by atoms with E-state index in [0.29, 0.717) is 0 Å². The van der Waals surface area contributed by atoms with Gasteiger partial charge in [-0.2, -0.15) is 6.92 Å². The van der Waals surface area contributed by atoms with Gasteiger partial charge < -0.3 is 4.79 Å². The molecular formula is C42H46FeO2P3-. The third kappa shape index (κ3) is 14.8. The molecule has 0 amide bonds. The Bertz CT molecular complexity index is 1330. The van der Waals surface area contributed by atoms with Crippen LogP contribution in [0, 0.1) is 6.65 Å². The molecule has 0 saturated heterocycles. The SMILES string of the molecule is C1CCCC1.C[C-]=O.[C-]#[O+].[Fe].c1ccc(P(CCP(c2ccccc2)c2ccccc2)CCP(c2ccccc2)c2ccccc2)cc1. The van der Waals surface area contributed by atoms with E-state index in [-0.39, 0.29) is 40.8 Å². The van der Waals surface area contributed by atoms with Gasteiger partial charge in [-0.05, 0) is 67.0 Å². The molecule has 0 atom stereocenters. The summed E-state index contributed by atoms with van der Waals surface area (Å²) in [7, 11) is -0.982. The minimum Gasteiger partial charge on any atom is -0.0746 e. The van der Waals surface area contributed by atoms with E-state index in [1.807, 2.05) is 0 Å². The van der Waals surface area contributed by atoms with Crippen LogP contribution in [0.4, 0.5) is 0 Å². The average Bonchev–Trinajstić information content (AvgIpc) is 3.75. The van der Waals surface area contributed by atoms with E-state index in [2.05, 4.69) is 158 Å². The summed E-state index contributed by atoms with van der Waals surface area (Å²) in [6.07, 6.45) is 14.0. The monoisotopic (exact) mass is 731 g/mol. The van der Waals surface area contributed by atoms with Gasteiger partial charge in [0, 0.05) is 17.1 Å². The Morgan fingerprint density at radius 3 is 0.896 bits per heavy atom. The van der Waals surface area contributed by atoms with E-state index < -0.39 is 0 Å². The molecule has 5 aromatic carbocycles. The molecule has 0 spiro atoms. The largest absolute Gasteiger partial charge is 0.0746 e. The van der Waals surface area contributed by atoms with Crippen LogP contribution in [-0.4, -0.2) is 30.9 Å². The summed E-state index contributed by atoms with van der Waals surface area (Å²) in [5, 5.41) is 7.50. The third-order valence-corrected chi connectivity index (χ3v) is 16.1. The number of hydrogen-bond donors (Lipinski definition) is 0. The van der Waals surface area contributed by atoms with Gasteiger partial charge in [-0.15, -0.1) is 0 Å². The summed E-state index contributed by atoms with van der Waals surface area (Å²) >= 11 is 0. The molecule has 1 fully saturated rings. The minimum absolute atomic E-state index is 0. The van der Waals surface area contributed by atoms with Crippen molar-refractivity contribution in [2.75, 3.05) is 24.6 Å². The summed E-state index contributed by atoms with van der Waals surface area (Å²) in [5.74, 6) is 0. The van der Waals surface area contributed by atoms with Crippen LogP contribution in [0.25, 0.3) is 0 Å². The summed E-state index contributed by atoms with van der Waals surface area (Å²) in [4.78, 5) is 8.68. The van der Waals surface area contributed by atoms with Crippen LogP contribution < -0.4 is 26.5 Å². The Morgan fingerprint density at radius 2 is 0.667 bits per heavy atom. The predicted octanol–water partition coefficient (Wildman–Crippen LogP) is 9.09. The van der Waals surface area contributed by atoms with Crippen molar-refractivity contribution in [1.29, 1.82) is 0 Å². The van der Waals surface area contributed by atoms with Gasteiger partial charge in [0.2, 0.25) is 0 Å². The summed E-state index contributed by atoms with van der Waals surface area (Å²) in [5.41, 5.74) is 0. The normalized spacial score (nSPS) is 11.5. The fourth-order valence-corrected chi connectivity index (χ4v) is 14.2. The van der Waals surface area contributed by atoms with Gasteiger partial charge in [0.15, 0.2) is 0 Å². The molecule has 2 nitrogen and oxygen atoms in total. The average molecular weight is 732 g/mol. The Labute approximate surface area is 303 Å². The molecule has 0 aromatic heterocycles. The van der Waals surface area contributed by atoms with E-state index in [1.54, 1.807) is 5.30 Å². The molecule has 250 valence electrons. The first-order valence-electron chi connectivity index (χ1n) is 16.3. The van der Waals surface area contributed by atoms with E-state index in [9.17, 15) is 0 Å². The maximum absolute atomic E-state index is 8.68. The fourth-order valence-electron chi connectivity index (χ4n) is 5.58. The van der Waals surface area contributed by atoms with E-state index >= 15 is 0 Å². The second-order valence-electron chi connectivity index (χ2n) is 10.9. The standard InChI is InChI=1S/C34H33P3.C5H10.C2H3O.CO.Fe/c1-6-16-30(17-7-1)35(26-28-36(31-18-8-2-9-19-31)32-20-10-3-11-21-32)27-29-37(33-22-12-4-13-23-33)34-24-14-5-15-25-34;1-2-4-5-3-1;1-2-3;1-2;/h1-25H,26-29H2;1-5H2;1H3;;/q;;-1;;. The van der Waals surface area contributed by atoms with E-state index in [1.165, 1.54) is 91.2 Å². The Kier molecular flexibility index (Phi) is 22.7. The molecule has 1 aliphatic carbocycles. The molecule has 5 aromatic rings. The second-order valence-corrected chi connectivity index (χ2v) is 18.1. The zero-order valence-corrected chi connectivity index (χ0v) is 31.6. The van der Waals surface area contributed by atoms with Crippen LogP contribution in [0.2, 0.25) is 0 Å². The zero-order valence-electron chi connectivity index (χ0n) is 27.8. The van der Waals surface area contributed by atoms with Gasteiger partial charge >= 0.3 is 11.3 Å². The predicted molar refractivity (Wildman–Crippen MR) is 209 cm³/mol. The van der Waals surface area contributed by atoms with Crippen LogP contribution in [0.1, 0.15) is 39.0 Å². The molecule has 0 aliphatic heterocycles. The molecule has 0 radical (unpaired) electrons. The Hall–Kier alpha value is -2.68. The first-order valence-corrected chi connectivity index (χ1v) is 21.1. The van der Waals surface area contributed by atoms with Gasteiger partial charge in [-0.1, -0.05) is 192 Å². The van der Waals surface area contributed by atoms with E-state index in [4.69, 9.17) is 9.45 Å². The fraction of sp³-hybridized carbons (Fsp3) is 0.238. The van der Waals surface area contributed by atoms with Gasteiger partial charge in [0.25, 0.3) is 0 Å². The quantitative estimate of drug-likeness (QED) is 0.0579. The van der Waals surface area contributed by atoms with Gasteiger partial charge in [0.1, 0.15) is 0 Å². The third-order valence-electron chi connectivity index (χ3n) is 7.83. The number of carbonyl (C=O) groups excluding carboxylic acids is 1. The maximum atomic E-state index is 8.68. The van der Waals surface area contributed by atoms with Gasteiger partial charge in [-0.3, -0.25) is 6.29 Å². The van der Waals surface area contributed by atoms with Crippen molar-refractivity contribution in [3.05, 3.63) is 158 Å². The van der Waals surface area contributed by atoms with Crippen molar-refractivity contribution in [1.82, 2.24) is 0 Å². The number of rotatable bonds is 11. The maximum Gasteiger partial charge on any atom is 0 e. The number of hydrogen-bond acceptors (Lipinski definition) is 1. The minimum atomic E-state index is -0.366. The van der Waals surface area contributed by atoms with Crippen molar-refractivity contribution in [3.63, 3.8) is 0 Å². The first kappa shape index (κ1) is 41.5. The summed E-state index contributed by atoms with van der Waals surface area (Å²) in [6, 6.07) is 56.0. The molecule has 0 unspecified atom stereocenters. The first-order chi connectivity index (χ1) is 23.3. The topological polar surface area (TPSA) is 37.0 Å². The Balaban J connectivity index is 0.000000639. The zero-order chi connectivity index (χ0) is 33.4. The molecule has 6 heteroatoms. The van der Waals surface area contributed by atoms with Gasteiger partial charge in [0.05, 0.1) is 0 Å². The van der Waals surface area contributed by atoms with Crippen LogP contribution in [0.5, 0.6) is 0 Å². The van der Waals surface area contributed by atoms with Crippen molar-refractivity contribution >= 4 is 56.6 Å². The summed E-state index contributed by atoms with van der Waals surface area (Å²) in [6.45, 7) is 5.82. The smallest absolute Gasteiger partial charge is 0 e. The van der Waals surface area contributed by atoms with Crippen molar-refractivity contribution < 1.29 is 26.5 Å². The van der Waals surface area contributed by atoms with Crippen molar-refractivity contribution in [3.8, 4) is 0 Å². The summed E-state index contributed by atoms with van der Waals surface area (Å²) < 4.78 is 7.50. The Morgan fingerprint density at radius 1 is 0.458 bits per heavy atom. The molecule has 48 heavy (non-hydrogen) atoms. The molecule has 0 bridgehead atoms. The molecule has 6 rings (SSSR count). The van der Waals surface area contributed by atoms with Crippen LogP contribution in [-0.2, 0) is 26.5 Å². The van der Waals surface area contributed by atoms with Crippen molar-refractivity contribution in [2.24, 2.45) is 0 Å². The van der Waals surface area contributed by atoms with Crippen LogP contribution in [0.15, 0.2) is 152 Å². The van der Waals surface area contributed by atoms with Gasteiger partial charge in [-0.25, -0.2) is 0 Å². The molecule has 0 N–H and O–H groups in total. The van der Waals surface area contributed by atoms with Crippen LogP contribution in [0.3, 0.4) is 0 Å². The van der Waals surface area contributed by atoms with E-state index in [0.717, 1.165) is 0 Å². The van der Waals surface area contributed by atoms with Crippen molar-refractivity contribution in [2.45, 2.75) is 39.0 Å². The van der Waals surface area contributed by atoms with Crippen LogP contribution >= 0.6 is 23.8 Å².